The molecule has 3 aromatic rings. The van der Waals surface area contributed by atoms with Crippen LogP contribution in [0, 0.1) is 0 Å². The Kier molecular flexibility index (Phi) is 4.93. The maximum Gasteiger partial charge on any atom is 0.147 e. The van der Waals surface area contributed by atoms with Gasteiger partial charge in [-0.25, -0.2) is 0 Å². The number of rotatable bonds is 3. The van der Waals surface area contributed by atoms with E-state index >= 15 is 0 Å². The number of halogens is 1. The van der Waals surface area contributed by atoms with E-state index in [0.717, 1.165) is 63.5 Å². The number of hydrogen-bond donors (Lipinski definition) is 2. The fourth-order valence-corrected chi connectivity index (χ4v) is 4.11. The van der Waals surface area contributed by atoms with Gasteiger partial charge in [0.1, 0.15) is 11.6 Å². The molecular formula is C18H24ClN7. The van der Waals surface area contributed by atoms with Crippen molar-refractivity contribution < 1.29 is 0 Å². The molecule has 4 heterocycles. The number of nitrogens with one attached hydrogen (secondary N) is 2. The first-order chi connectivity index (χ1) is 12.4. The molecule has 0 unspecified atom stereocenters. The van der Waals surface area contributed by atoms with Crippen LogP contribution in [0.25, 0.3) is 10.9 Å². The lowest BCUT2D eigenvalue weighted by molar-refractivity contribution is 0.199. The zero-order valence-electron chi connectivity index (χ0n) is 14.7. The van der Waals surface area contributed by atoms with Crippen LogP contribution in [0.1, 0.15) is 36.0 Å². The van der Waals surface area contributed by atoms with Gasteiger partial charge >= 0.3 is 0 Å². The molecule has 138 valence electrons. The second kappa shape index (κ2) is 7.34. The Morgan fingerprint density at radius 2 is 2.00 bits per heavy atom. The molecule has 0 amide bonds. The molecule has 1 aromatic carbocycles. The van der Waals surface area contributed by atoms with Crippen molar-refractivity contribution >= 4 is 23.3 Å². The summed E-state index contributed by atoms with van der Waals surface area (Å²) in [5.74, 6) is 2.84. The molecule has 0 bridgehead atoms. The zero-order valence-corrected chi connectivity index (χ0v) is 15.5. The van der Waals surface area contributed by atoms with Crippen LogP contribution in [-0.4, -0.2) is 49.5 Å². The van der Waals surface area contributed by atoms with Gasteiger partial charge in [0.2, 0.25) is 0 Å². The molecule has 2 aromatic heterocycles. The van der Waals surface area contributed by atoms with Crippen LogP contribution in [0.5, 0.6) is 0 Å². The van der Waals surface area contributed by atoms with E-state index in [0.29, 0.717) is 5.92 Å². The molecular weight excluding hydrogens is 350 g/mol. The van der Waals surface area contributed by atoms with Crippen molar-refractivity contribution in [3.63, 3.8) is 0 Å². The molecule has 0 spiro atoms. The van der Waals surface area contributed by atoms with Gasteiger partial charge in [0.15, 0.2) is 0 Å². The van der Waals surface area contributed by atoms with Crippen molar-refractivity contribution in [3.8, 4) is 0 Å². The molecule has 0 saturated carbocycles. The highest BCUT2D eigenvalue weighted by molar-refractivity contribution is 5.85. The van der Waals surface area contributed by atoms with Gasteiger partial charge < -0.3 is 9.88 Å². The van der Waals surface area contributed by atoms with Crippen LogP contribution < -0.4 is 5.32 Å². The van der Waals surface area contributed by atoms with Gasteiger partial charge in [-0.2, -0.15) is 5.10 Å². The Bertz CT molecular complexity index is 879. The summed E-state index contributed by atoms with van der Waals surface area (Å²) in [6.07, 6.45) is 4.20. The van der Waals surface area contributed by atoms with Gasteiger partial charge in [-0.05, 0) is 37.6 Å². The van der Waals surface area contributed by atoms with Gasteiger partial charge in [0.25, 0.3) is 0 Å². The summed E-state index contributed by atoms with van der Waals surface area (Å²) < 4.78 is 2.34. The number of benzene rings is 1. The van der Waals surface area contributed by atoms with Crippen LogP contribution in [0.2, 0.25) is 0 Å². The predicted molar refractivity (Wildman–Crippen MR) is 102 cm³/mol. The molecule has 0 radical (unpaired) electrons. The lowest BCUT2D eigenvalue weighted by Crippen LogP contribution is -2.34. The number of aromatic amines is 1. The zero-order chi connectivity index (χ0) is 16.6. The quantitative estimate of drug-likeness (QED) is 0.735. The van der Waals surface area contributed by atoms with Gasteiger partial charge in [-0.15, -0.1) is 22.6 Å². The van der Waals surface area contributed by atoms with Crippen molar-refractivity contribution in [2.45, 2.75) is 38.4 Å². The molecule has 1 saturated heterocycles. The van der Waals surface area contributed by atoms with E-state index < -0.39 is 0 Å². The van der Waals surface area contributed by atoms with Crippen molar-refractivity contribution in [1.82, 2.24) is 35.2 Å². The van der Waals surface area contributed by atoms with E-state index in [-0.39, 0.29) is 12.4 Å². The number of likely N-dealkylation sites (tertiary alicyclic amines) is 1. The summed E-state index contributed by atoms with van der Waals surface area (Å²) in [7, 11) is 0. The van der Waals surface area contributed by atoms with Crippen molar-refractivity contribution in [2.75, 3.05) is 19.6 Å². The summed E-state index contributed by atoms with van der Waals surface area (Å²) in [6, 6.07) is 6.58. The third-order valence-corrected chi connectivity index (χ3v) is 5.52. The second-order valence-corrected chi connectivity index (χ2v) is 7.14. The number of hydrogen-bond acceptors (Lipinski definition) is 5. The number of aromatic nitrogens is 5. The highest BCUT2D eigenvalue weighted by Crippen LogP contribution is 2.28. The molecule has 8 heteroatoms. The average Bonchev–Trinajstić information content (AvgIpc) is 3.29. The van der Waals surface area contributed by atoms with Crippen molar-refractivity contribution in [1.29, 1.82) is 0 Å². The molecule has 7 nitrogen and oxygen atoms in total. The Morgan fingerprint density at radius 3 is 2.88 bits per heavy atom. The van der Waals surface area contributed by atoms with Crippen molar-refractivity contribution in [2.24, 2.45) is 0 Å². The minimum absolute atomic E-state index is 0. The lowest BCUT2D eigenvalue weighted by atomic mass is 9.95. The monoisotopic (exact) mass is 373 g/mol. The smallest absolute Gasteiger partial charge is 0.147 e. The van der Waals surface area contributed by atoms with E-state index in [1.807, 2.05) is 6.20 Å². The van der Waals surface area contributed by atoms with Crippen molar-refractivity contribution in [3.05, 3.63) is 41.6 Å². The Hall–Kier alpha value is -1.96. The topological polar surface area (TPSA) is 74.7 Å². The molecule has 2 N–H and O–H groups in total. The molecule has 2 aliphatic rings. The Balaban J connectivity index is 0.00000168. The number of piperidine rings is 1. The predicted octanol–water partition coefficient (Wildman–Crippen LogP) is 2.06. The van der Waals surface area contributed by atoms with Gasteiger partial charge in [-0.3, -0.25) is 10.00 Å². The molecule has 0 atom stereocenters. The number of nitrogens with zero attached hydrogens (tertiary/aromatic N) is 5. The fourth-order valence-electron chi connectivity index (χ4n) is 4.11. The van der Waals surface area contributed by atoms with E-state index in [2.05, 4.69) is 53.4 Å². The molecule has 5 rings (SSSR count). The number of H-pyrrole nitrogens is 1. The summed E-state index contributed by atoms with van der Waals surface area (Å²) in [6.45, 7) is 6.11. The maximum absolute atomic E-state index is 4.50. The second-order valence-electron chi connectivity index (χ2n) is 7.14. The number of fused-ring (bicyclic) bond motifs is 2. The van der Waals surface area contributed by atoms with E-state index in [1.165, 1.54) is 16.8 Å². The maximum atomic E-state index is 4.50. The highest BCUT2D eigenvalue weighted by Gasteiger charge is 2.26. The third-order valence-electron chi connectivity index (χ3n) is 5.52. The third kappa shape index (κ3) is 3.22. The SMILES string of the molecule is Cl.c1cc2cn[nH]c2cc1CN1CCC(c2nnc3n2CCNC3)CC1. The minimum Gasteiger partial charge on any atom is -0.312 e. The summed E-state index contributed by atoms with van der Waals surface area (Å²) in [5, 5.41) is 20.6. The Labute approximate surface area is 158 Å². The largest absolute Gasteiger partial charge is 0.312 e. The standard InChI is InChI=1S/C18H23N7.ClH/c1-2-15-10-20-21-16(15)9-13(1)12-24-6-3-14(4-7-24)18-23-22-17-11-19-5-8-25(17)18;/h1-2,9-10,14,19H,3-8,11-12H2,(H,20,21);1H. The van der Waals surface area contributed by atoms with Crippen LogP contribution in [0.3, 0.4) is 0 Å². The molecule has 0 aliphatic carbocycles. The van der Waals surface area contributed by atoms with Crippen LogP contribution in [-0.2, 0) is 19.6 Å². The van der Waals surface area contributed by atoms with Gasteiger partial charge in [0, 0.05) is 30.9 Å². The molecule has 26 heavy (non-hydrogen) atoms. The first kappa shape index (κ1) is 17.5. The highest BCUT2D eigenvalue weighted by atomic mass is 35.5. The summed E-state index contributed by atoms with van der Waals surface area (Å²) >= 11 is 0. The normalized spacial score (nSPS) is 18.6. The van der Waals surface area contributed by atoms with E-state index in [4.69, 9.17) is 0 Å². The minimum atomic E-state index is 0. The lowest BCUT2D eigenvalue weighted by Gasteiger charge is -2.32. The molecule has 1 fully saturated rings. The van der Waals surface area contributed by atoms with Crippen LogP contribution >= 0.6 is 12.4 Å². The van der Waals surface area contributed by atoms with E-state index in [1.54, 1.807) is 0 Å². The van der Waals surface area contributed by atoms with Crippen LogP contribution in [0.4, 0.5) is 0 Å². The fraction of sp³-hybridized carbons (Fsp3) is 0.500. The van der Waals surface area contributed by atoms with Crippen LogP contribution in [0.15, 0.2) is 24.4 Å². The van der Waals surface area contributed by atoms with Gasteiger partial charge in [0.05, 0.1) is 18.3 Å². The first-order valence-corrected chi connectivity index (χ1v) is 9.14. The first-order valence-electron chi connectivity index (χ1n) is 9.14. The average molecular weight is 374 g/mol. The Morgan fingerprint density at radius 1 is 1.12 bits per heavy atom. The summed E-state index contributed by atoms with van der Waals surface area (Å²) in [5.41, 5.74) is 2.47. The van der Waals surface area contributed by atoms with Gasteiger partial charge in [-0.1, -0.05) is 12.1 Å². The molecule has 2 aliphatic heterocycles. The summed E-state index contributed by atoms with van der Waals surface area (Å²) in [4.78, 5) is 2.54. The van der Waals surface area contributed by atoms with E-state index in [9.17, 15) is 0 Å².